The van der Waals surface area contributed by atoms with Crippen LogP contribution in [0.3, 0.4) is 0 Å². The predicted octanol–water partition coefficient (Wildman–Crippen LogP) is 3.04. The molecular formula is C21H23N5O3S. The number of carbonyl (C=O) groups is 1. The fourth-order valence-corrected chi connectivity index (χ4v) is 5.53. The molecule has 2 aliphatic heterocycles. The molecule has 8 nitrogen and oxygen atoms in total. The molecule has 0 unspecified atom stereocenters. The molecule has 0 radical (unpaired) electrons. The largest absolute Gasteiger partial charge is 0.448 e. The van der Waals surface area contributed by atoms with Gasteiger partial charge in [0.15, 0.2) is 12.1 Å². The van der Waals surface area contributed by atoms with Gasteiger partial charge in [-0.15, -0.1) is 11.3 Å². The summed E-state index contributed by atoms with van der Waals surface area (Å²) in [7, 11) is 0. The van der Waals surface area contributed by atoms with E-state index in [9.17, 15) is 4.79 Å². The Morgan fingerprint density at radius 2 is 2.10 bits per heavy atom. The van der Waals surface area contributed by atoms with E-state index in [4.69, 9.17) is 14.9 Å². The second-order valence-corrected chi connectivity index (χ2v) is 8.77. The second kappa shape index (κ2) is 7.48. The third-order valence-corrected chi connectivity index (χ3v) is 7.17. The van der Waals surface area contributed by atoms with Gasteiger partial charge in [-0.05, 0) is 24.5 Å². The van der Waals surface area contributed by atoms with Crippen molar-refractivity contribution in [2.75, 3.05) is 25.4 Å². The van der Waals surface area contributed by atoms with Crippen LogP contribution in [0.4, 0.5) is 5.82 Å². The number of thiophene rings is 1. The number of ether oxygens (including phenoxy) is 1. The van der Waals surface area contributed by atoms with Crippen LogP contribution in [0.5, 0.6) is 0 Å². The zero-order valence-electron chi connectivity index (χ0n) is 16.8. The lowest BCUT2D eigenvalue weighted by Gasteiger charge is -2.43. The molecule has 5 rings (SSSR count). The van der Waals surface area contributed by atoms with Crippen molar-refractivity contribution in [2.45, 2.75) is 38.2 Å². The number of oxazole rings is 1. The van der Waals surface area contributed by atoms with Gasteiger partial charge >= 0.3 is 0 Å². The minimum atomic E-state index is -0.349. The first-order valence-electron chi connectivity index (χ1n) is 10.2. The highest BCUT2D eigenvalue weighted by atomic mass is 32.1. The first kappa shape index (κ1) is 19.2. The first-order chi connectivity index (χ1) is 14.6. The van der Waals surface area contributed by atoms with Crippen molar-refractivity contribution in [3.05, 3.63) is 46.7 Å². The molecule has 1 amide bonds. The zero-order valence-corrected chi connectivity index (χ0v) is 17.6. The molecule has 5 heterocycles. The first-order valence-corrected chi connectivity index (χ1v) is 11.0. The van der Waals surface area contributed by atoms with Crippen LogP contribution >= 0.6 is 11.3 Å². The maximum Gasteiger partial charge on any atom is 0.276 e. The lowest BCUT2D eigenvalue weighted by Crippen LogP contribution is -2.48. The molecule has 0 aromatic carbocycles. The minimum Gasteiger partial charge on any atom is -0.448 e. The van der Waals surface area contributed by atoms with Crippen LogP contribution in [0.1, 0.15) is 46.5 Å². The van der Waals surface area contributed by atoms with Gasteiger partial charge in [0, 0.05) is 30.8 Å². The van der Waals surface area contributed by atoms with Crippen molar-refractivity contribution >= 4 is 23.1 Å². The predicted molar refractivity (Wildman–Crippen MR) is 112 cm³/mol. The Morgan fingerprint density at radius 3 is 2.83 bits per heavy atom. The average molecular weight is 426 g/mol. The smallest absolute Gasteiger partial charge is 0.276 e. The number of amides is 1. The molecular weight excluding hydrogens is 402 g/mol. The molecule has 0 saturated carbocycles. The van der Waals surface area contributed by atoms with E-state index < -0.39 is 0 Å². The lowest BCUT2D eigenvalue weighted by molar-refractivity contribution is -0.0926. The minimum absolute atomic E-state index is 0.0605. The maximum atomic E-state index is 12.9. The Balaban J connectivity index is 1.37. The molecule has 3 aromatic heterocycles. The van der Waals surface area contributed by atoms with Crippen molar-refractivity contribution in [1.82, 2.24) is 19.9 Å². The van der Waals surface area contributed by atoms with E-state index in [2.05, 4.69) is 21.0 Å². The number of nitrogens with zero attached hydrogens (tertiary/aromatic N) is 4. The molecule has 0 atom stereocenters. The Hall–Kier alpha value is -2.78. The molecule has 156 valence electrons. The summed E-state index contributed by atoms with van der Waals surface area (Å²) in [5.74, 6) is 0.994. The van der Waals surface area contributed by atoms with Crippen LogP contribution in [-0.4, -0.2) is 45.5 Å². The van der Waals surface area contributed by atoms with E-state index >= 15 is 0 Å². The van der Waals surface area contributed by atoms with Gasteiger partial charge in [0.1, 0.15) is 11.6 Å². The van der Waals surface area contributed by atoms with Crippen molar-refractivity contribution in [3.63, 3.8) is 0 Å². The highest BCUT2D eigenvalue weighted by Crippen LogP contribution is 2.46. The van der Waals surface area contributed by atoms with Gasteiger partial charge in [0.25, 0.3) is 5.91 Å². The second-order valence-electron chi connectivity index (χ2n) is 7.64. The van der Waals surface area contributed by atoms with Gasteiger partial charge in [-0.25, -0.2) is 15.0 Å². The number of nitrogens with two attached hydrogens (primary N) is 1. The fraction of sp³-hybridized carbons (Fsp3) is 0.429. The molecule has 2 N–H and O–H groups in total. The van der Waals surface area contributed by atoms with Crippen LogP contribution in [0.25, 0.3) is 10.6 Å². The van der Waals surface area contributed by atoms with Crippen LogP contribution in [0.2, 0.25) is 0 Å². The molecule has 0 aliphatic carbocycles. The van der Waals surface area contributed by atoms with Crippen LogP contribution in [0, 0.1) is 0 Å². The number of carbonyl (C=O) groups excluding carboxylic acids is 1. The monoisotopic (exact) mass is 425 g/mol. The summed E-state index contributed by atoms with van der Waals surface area (Å²) < 4.78 is 11.7. The third kappa shape index (κ3) is 3.18. The number of rotatable bonds is 3. The SMILES string of the molecule is CCc1ocnc1C(=O)N1CCC2(CC1)OCCc1sc(-c3cnc(N)cn3)cc12. The van der Waals surface area contributed by atoms with Crippen LogP contribution < -0.4 is 5.73 Å². The van der Waals surface area contributed by atoms with Crippen molar-refractivity contribution in [1.29, 1.82) is 0 Å². The van der Waals surface area contributed by atoms with Crippen molar-refractivity contribution in [3.8, 4) is 10.6 Å². The topological polar surface area (TPSA) is 107 Å². The number of nitrogen functional groups attached to an aromatic ring is 1. The normalized spacial score (nSPS) is 17.8. The Labute approximate surface area is 178 Å². The summed E-state index contributed by atoms with van der Waals surface area (Å²) in [6.45, 7) is 3.90. The van der Waals surface area contributed by atoms with Gasteiger partial charge in [0.2, 0.25) is 0 Å². The number of aromatic nitrogens is 3. The third-order valence-electron chi connectivity index (χ3n) is 5.95. The zero-order chi connectivity index (χ0) is 20.7. The van der Waals surface area contributed by atoms with E-state index in [-0.39, 0.29) is 11.5 Å². The van der Waals surface area contributed by atoms with Crippen LogP contribution in [0.15, 0.2) is 29.3 Å². The molecule has 3 aromatic rings. The highest BCUT2D eigenvalue weighted by Gasteiger charge is 2.43. The lowest BCUT2D eigenvalue weighted by atomic mass is 9.82. The maximum absolute atomic E-state index is 12.9. The summed E-state index contributed by atoms with van der Waals surface area (Å²) in [6.07, 6.45) is 7.70. The van der Waals surface area contributed by atoms with Crippen molar-refractivity contribution < 1.29 is 13.9 Å². The Kier molecular flexibility index (Phi) is 4.79. The van der Waals surface area contributed by atoms with E-state index in [0.29, 0.717) is 43.4 Å². The molecule has 9 heteroatoms. The molecule has 2 aliphatic rings. The quantitative estimate of drug-likeness (QED) is 0.687. The standard InChI is InChI=1S/C21H23N5O3S/c1-2-15-19(25-12-28-15)20(27)26-6-4-21(5-7-26)13-9-17(30-16(13)3-8-29-21)14-10-24-18(22)11-23-14/h9-12H,2-8H2,1H3,(H2,22,24). The number of hydrogen-bond donors (Lipinski definition) is 1. The molecule has 1 spiro atoms. The molecule has 0 bridgehead atoms. The Bertz CT molecular complexity index is 1070. The van der Waals surface area contributed by atoms with Gasteiger partial charge in [0.05, 0.1) is 35.2 Å². The van der Waals surface area contributed by atoms with Gasteiger partial charge in [-0.3, -0.25) is 4.79 Å². The van der Waals surface area contributed by atoms with Gasteiger partial charge in [-0.2, -0.15) is 0 Å². The summed E-state index contributed by atoms with van der Waals surface area (Å²) in [6, 6.07) is 2.18. The van der Waals surface area contributed by atoms with E-state index in [1.165, 1.54) is 16.8 Å². The Morgan fingerprint density at radius 1 is 1.27 bits per heavy atom. The van der Waals surface area contributed by atoms with Gasteiger partial charge < -0.3 is 19.8 Å². The number of fused-ring (bicyclic) bond motifs is 2. The average Bonchev–Trinajstić information content (AvgIpc) is 3.42. The van der Waals surface area contributed by atoms with Crippen molar-refractivity contribution in [2.24, 2.45) is 0 Å². The highest BCUT2D eigenvalue weighted by molar-refractivity contribution is 7.15. The number of anilines is 1. The number of piperidine rings is 1. The summed E-state index contributed by atoms with van der Waals surface area (Å²) >= 11 is 1.75. The number of hydrogen-bond acceptors (Lipinski definition) is 8. The van der Waals surface area contributed by atoms with E-state index in [1.807, 2.05) is 11.8 Å². The van der Waals surface area contributed by atoms with E-state index in [1.54, 1.807) is 23.7 Å². The summed E-state index contributed by atoms with van der Waals surface area (Å²) in [5.41, 5.74) is 7.81. The van der Waals surface area contributed by atoms with E-state index in [0.717, 1.165) is 29.8 Å². The number of likely N-dealkylation sites (tertiary alicyclic amines) is 1. The number of aryl methyl sites for hydroxylation is 1. The molecule has 1 fully saturated rings. The molecule has 30 heavy (non-hydrogen) atoms. The van der Waals surface area contributed by atoms with Gasteiger partial charge in [-0.1, -0.05) is 6.92 Å². The summed E-state index contributed by atoms with van der Waals surface area (Å²) in [5, 5.41) is 0. The molecule has 1 saturated heterocycles. The van der Waals surface area contributed by atoms with Crippen LogP contribution in [-0.2, 0) is 23.2 Å². The summed E-state index contributed by atoms with van der Waals surface area (Å²) in [4.78, 5) is 29.9. The fourth-order valence-electron chi connectivity index (χ4n) is 4.34.